The molecule has 3 rings (SSSR count). The van der Waals surface area contributed by atoms with Gasteiger partial charge in [-0.05, 0) is 48.7 Å². The smallest absolute Gasteiger partial charge is 0.303 e. The molecule has 0 aliphatic carbocycles. The number of nitrogens with zero attached hydrogens (tertiary/aromatic N) is 2. The highest BCUT2D eigenvalue weighted by molar-refractivity contribution is 7.89. The van der Waals surface area contributed by atoms with Crippen LogP contribution in [0.15, 0.2) is 65.8 Å². The van der Waals surface area contributed by atoms with E-state index in [1.54, 1.807) is 24.5 Å². The van der Waals surface area contributed by atoms with Crippen LogP contribution in [0.5, 0.6) is 0 Å². The number of aromatic nitrogens is 1. The Bertz CT molecular complexity index is 981. The first-order chi connectivity index (χ1) is 14.3. The molecule has 0 amide bonds. The number of carboxylic acids is 1. The number of nitrogens with one attached hydrogen (secondary N) is 1. The minimum absolute atomic E-state index is 0.00285. The maximum Gasteiger partial charge on any atom is 0.303 e. The lowest BCUT2D eigenvalue weighted by atomic mass is 10.1. The largest absolute Gasteiger partial charge is 0.481 e. The Morgan fingerprint density at radius 3 is 2.73 bits per heavy atom. The summed E-state index contributed by atoms with van der Waals surface area (Å²) in [6, 6.07) is 9.63. The maximum atomic E-state index is 12.7. The predicted molar refractivity (Wildman–Crippen MR) is 115 cm³/mol. The molecule has 1 fully saturated rings. The van der Waals surface area contributed by atoms with E-state index >= 15 is 0 Å². The number of aliphatic carboxylic acids is 1. The zero-order valence-corrected chi connectivity index (χ0v) is 17.9. The van der Waals surface area contributed by atoms with Crippen molar-refractivity contribution in [1.82, 2.24) is 14.6 Å². The monoisotopic (exact) mass is 449 g/mol. The van der Waals surface area contributed by atoms with Crippen molar-refractivity contribution >= 4 is 27.6 Å². The molecule has 0 unspecified atom stereocenters. The van der Waals surface area contributed by atoms with E-state index in [0.717, 1.165) is 5.56 Å². The summed E-state index contributed by atoms with van der Waals surface area (Å²) in [5.41, 5.74) is 1.03. The molecule has 1 saturated heterocycles. The topological polar surface area (TPSA) is 99.6 Å². The zero-order chi connectivity index (χ0) is 21.6. The van der Waals surface area contributed by atoms with Crippen molar-refractivity contribution in [2.75, 3.05) is 6.54 Å². The van der Waals surface area contributed by atoms with E-state index in [2.05, 4.69) is 14.6 Å². The number of halogens is 1. The normalized spacial score (nSPS) is 20.0. The number of likely N-dealkylation sites (tertiary alicyclic amines) is 1. The highest BCUT2D eigenvalue weighted by Gasteiger charge is 2.33. The lowest BCUT2D eigenvalue weighted by Gasteiger charge is -2.21. The summed E-state index contributed by atoms with van der Waals surface area (Å²) in [7, 11) is -3.67. The Kier molecular flexibility index (Phi) is 7.60. The van der Waals surface area contributed by atoms with Crippen LogP contribution in [0.4, 0.5) is 0 Å². The van der Waals surface area contributed by atoms with Crippen molar-refractivity contribution in [1.29, 1.82) is 0 Å². The Morgan fingerprint density at radius 2 is 2.07 bits per heavy atom. The molecule has 1 aromatic heterocycles. The predicted octanol–water partition coefficient (Wildman–Crippen LogP) is 3.08. The molecule has 9 heteroatoms. The standard InChI is InChI=1S/C21H24ClN3O4S/c22-17-7-9-20(10-8-17)30(28,29)24-18-12-19(5-1-2-6-21(26)27)25(15-18)14-16-4-3-11-23-13-16/h1,3-5,7-11,13,18-19,24H,2,6,12,14-15H2,(H,26,27)/t18-,19-/m1/s1. The fourth-order valence-corrected chi connectivity index (χ4v) is 4.85. The van der Waals surface area contributed by atoms with Gasteiger partial charge < -0.3 is 5.11 Å². The van der Waals surface area contributed by atoms with Crippen LogP contribution in [0.1, 0.15) is 24.8 Å². The number of allylic oxidation sites excluding steroid dienone is 1. The third kappa shape index (κ3) is 6.37. The van der Waals surface area contributed by atoms with Crippen LogP contribution in [0.2, 0.25) is 5.02 Å². The van der Waals surface area contributed by atoms with E-state index in [1.807, 2.05) is 24.3 Å². The number of rotatable bonds is 9. The summed E-state index contributed by atoms with van der Waals surface area (Å²) in [6.07, 6.45) is 8.42. The molecule has 1 aliphatic heterocycles. The van der Waals surface area contributed by atoms with E-state index in [4.69, 9.17) is 16.7 Å². The molecular weight excluding hydrogens is 426 g/mol. The van der Waals surface area contributed by atoms with Crippen LogP contribution in [0.25, 0.3) is 0 Å². The summed E-state index contributed by atoms with van der Waals surface area (Å²) in [5, 5.41) is 9.29. The number of carbonyl (C=O) groups is 1. The molecule has 0 bridgehead atoms. The van der Waals surface area contributed by atoms with Crippen LogP contribution in [0, 0.1) is 0 Å². The lowest BCUT2D eigenvalue weighted by Crippen LogP contribution is -2.37. The van der Waals surface area contributed by atoms with Crippen LogP contribution < -0.4 is 4.72 Å². The summed E-state index contributed by atoms with van der Waals surface area (Å²) in [4.78, 5) is 17.2. The second-order valence-electron chi connectivity index (χ2n) is 7.23. The summed E-state index contributed by atoms with van der Waals surface area (Å²) < 4.78 is 28.3. The van der Waals surface area contributed by atoms with Gasteiger partial charge in [-0.25, -0.2) is 13.1 Å². The number of hydrogen-bond donors (Lipinski definition) is 2. The van der Waals surface area contributed by atoms with Gasteiger partial charge in [0.1, 0.15) is 0 Å². The number of carboxylic acid groups (broad SMARTS) is 1. The minimum atomic E-state index is -3.67. The van der Waals surface area contributed by atoms with E-state index in [-0.39, 0.29) is 23.4 Å². The maximum absolute atomic E-state index is 12.7. The van der Waals surface area contributed by atoms with Gasteiger partial charge in [0.25, 0.3) is 0 Å². The van der Waals surface area contributed by atoms with Gasteiger partial charge >= 0.3 is 5.97 Å². The first-order valence-corrected chi connectivity index (χ1v) is 11.5. The number of hydrogen-bond acceptors (Lipinski definition) is 5. The van der Waals surface area contributed by atoms with E-state index in [0.29, 0.717) is 31.0 Å². The van der Waals surface area contributed by atoms with Crippen molar-refractivity contribution < 1.29 is 18.3 Å². The molecule has 1 aliphatic rings. The fourth-order valence-electron chi connectivity index (χ4n) is 3.49. The molecule has 30 heavy (non-hydrogen) atoms. The number of sulfonamides is 1. The highest BCUT2D eigenvalue weighted by Crippen LogP contribution is 2.24. The van der Waals surface area contributed by atoms with Crippen LogP contribution >= 0.6 is 11.6 Å². The van der Waals surface area contributed by atoms with E-state index < -0.39 is 16.0 Å². The van der Waals surface area contributed by atoms with Gasteiger partial charge in [-0.3, -0.25) is 14.7 Å². The molecule has 2 heterocycles. The average Bonchev–Trinajstić information content (AvgIpc) is 3.06. The lowest BCUT2D eigenvalue weighted by molar-refractivity contribution is -0.136. The molecule has 2 N–H and O–H groups in total. The van der Waals surface area contributed by atoms with Crippen LogP contribution in [-0.2, 0) is 21.4 Å². The van der Waals surface area contributed by atoms with E-state index in [1.165, 1.54) is 12.1 Å². The van der Waals surface area contributed by atoms with Crippen LogP contribution in [0.3, 0.4) is 0 Å². The third-order valence-corrected chi connectivity index (χ3v) is 6.68. The first kappa shape index (κ1) is 22.4. The molecular formula is C21H24ClN3O4S. The molecule has 0 radical (unpaired) electrons. The Morgan fingerprint density at radius 1 is 1.30 bits per heavy atom. The average molecular weight is 450 g/mol. The Balaban J connectivity index is 1.71. The van der Waals surface area contributed by atoms with Gasteiger partial charge in [-0.2, -0.15) is 0 Å². The molecule has 7 nitrogen and oxygen atoms in total. The minimum Gasteiger partial charge on any atom is -0.481 e. The summed E-state index contributed by atoms with van der Waals surface area (Å²) >= 11 is 5.86. The Labute approximate surface area is 181 Å². The van der Waals surface area contributed by atoms with Crippen molar-refractivity contribution in [3.8, 4) is 0 Å². The van der Waals surface area contributed by atoms with Crippen molar-refractivity contribution in [3.63, 3.8) is 0 Å². The van der Waals surface area contributed by atoms with Gasteiger partial charge in [-0.1, -0.05) is 29.8 Å². The summed E-state index contributed by atoms with van der Waals surface area (Å²) in [5.74, 6) is -0.841. The van der Waals surface area contributed by atoms with Crippen molar-refractivity contribution in [3.05, 3.63) is 71.5 Å². The van der Waals surface area contributed by atoms with Gasteiger partial charge in [-0.15, -0.1) is 0 Å². The quantitative estimate of drug-likeness (QED) is 0.571. The highest BCUT2D eigenvalue weighted by atomic mass is 35.5. The fraction of sp³-hybridized carbons (Fsp3) is 0.333. The van der Waals surface area contributed by atoms with Gasteiger partial charge in [0.05, 0.1) is 4.90 Å². The molecule has 0 spiro atoms. The SMILES string of the molecule is O=C(O)CCC=C[C@@H]1C[C@@H](NS(=O)(=O)c2ccc(Cl)cc2)CN1Cc1cccnc1. The number of pyridine rings is 1. The van der Waals surface area contributed by atoms with Crippen molar-refractivity contribution in [2.24, 2.45) is 0 Å². The van der Waals surface area contributed by atoms with Gasteiger partial charge in [0.15, 0.2) is 0 Å². The molecule has 2 aromatic rings. The van der Waals surface area contributed by atoms with Gasteiger partial charge in [0, 0.05) is 49.0 Å². The van der Waals surface area contributed by atoms with E-state index in [9.17, 15) is 13.2 Å². The van der Waals surface area contributed by atoms with Crippen LogP contribution in [-0.4, -0.2) is 48.0 Å². The van der Waals surface area contributed by atoms with Crippen molar-refractivity contribution in [2.45, 2.75) is 42.8 Å². The third-order valence-electron chi connectivity index (χ3n) is 4.89. The summed E-state index contributed by atoms with van der Waals surface area (Å²) in [6.45, 7) is 1.16. The first-order valence-electron chi connectivity index (χ1n) is 9.63. The number of benzene rings is 1. The second-order valence-corrected chi connectivity index (χ2v) is 9.38. The molecule has 0 saturated carbocycles. The second kappa shape index (κ2) is 10.2. The molecule has 1 aromatic carbocycles. The Hall–Kier alpha value is -2.26. The van der Waals surface area contributed by atoms with Gasteiger partial charge in [0.2, 0.25) is 10.0 Å². The zero-order valence-electron chi connectivity index (χ0n) is 16.3. The molecule has 2 atom stereocenters. The molecule has 160 valence electrons.